The van der Waals surface area contributed by atoms with Gasteiger partial charge in [-0.2, -0.15) is 0 Å². The normalized spacial score (nSPS) is 16.1. The molecule has 1 heterocycles. The predicted octanol–water partition coefficient (Wildman–Crippen LogP) is 4.64. The zero-order valence-corrected chi connectivity index (χ0v) is 18.9. The van der Waals surface area contributed by atoms with Gasteiger partial charge in [0.05, 0.1) is 10.3 Å². The minimum Gasteiger partial charge on any atom is -0.454 e. The van der Waals surface area contributed by atoms with E-state index in [-0.39, 0.29) is 12.6 Å². The Hall–Kier alpha value is -3.12. The number of ether oxygens (including phenoxy) is 2. The highest BCUT2D eigenvalue weighted by atomic mass is 32.2. The van der Waals surface area contributed by atoms with Crippen molar-refractivity contribution in [2.24, 2.45) is 0 Å². The second-order valence-corrected chi connectivity index (χ2v) is 10.7. The molecule has 0 unspecified atom stereocenters. The van der Waals surface area contributed by atoms with Crippen LogP contribution in [0.3, 0.4) is 0 Å². The Bertz CT molecular complexity index is 1340. The van der Waals surface area contributed by atoms with Crippen LogP contribution >= 0.6 is 0 Å². The van der Waals surface area contributed by atoms with E-state index in [4.69, 9.17) is 9.47 Å². The van der Waals surface area contributed by atoms with Gasteiger partial charge >= 0.3 is 0 Å². The molecule has 0 radical (unpaired) electrons. The van der Waals surface area contributed by atoms with Gasteiger partial charge in [-0.15, -0.1) is 0 Å². The molecule has 1 fully saturated rings. The highest BCUT2D eigenvalue weighted by Gasteiger charge is 2.50. The molecule has 0 amide bonds. The maximum atomic E-state index is 13.3. The first kappa shape index (κ1) is 20.8. The van der Waals surface area contributed by atoms with Gasteiger partial charge in [-0.05, 0) is 71.8 Å². The van der Waals surface area contributed by atoms with Crippen LogP contribution in [0, 0.1) is 6.92 Å². The number of Topliss-reactive ketones (excluding diaryl/α,β-unsaturated/α-hetero) is 1. The third kappa shape index (κ3) is 3.69. The van der Waals surface area contributed by atoms with Crippen LogP contribution in [-0.4, -0.2) is 27.2 Å². The van der Waals surface area contributed by atoms with Gasteiger partial charge in [0.1, 0.15) is 5.78 Å². The minimum atomic E-state index is -3.27. The van der Waals surface area contributed by atoms with Crippen molar-refractivity contribution in [3.8, 4) is 22.6 Å². The van der Waals surface area contributed by atoms with Crippen LogP contribution in [0.4, 0.5) is 0 Å². The van der Waals surface area contributed by atoms with Gasteiger partial charge < -0.3 is 9.47 Å². The van der Waals surface area contributed by atoms with Crippen molar-refractivity contribution in [3.05, 3.63) is 77.4 Å². The molecule has 0 N–H and O–H groups in total. The summed E-state index contributed by atoms with van der Waals surface area (Å²) < 4.78 is 34.7. The molecule has 0 atom stereocenters. The maximum Gasteiger partial charge on any atom is 0.231 e. The first-order valence-electron chi connectivity index (χ1n) is 10.6. The van der Waals surface area contributed by atoms with Crippen LogP contribution in [0.2, 0.25) is 0 Å². The van der Waals surface area contributed by atoms with Crippen molar-refractivity contribution < 1.29 is 22.7 Å². The molecule has 5 nitrogen and oxygen atoms in total. The second-order valence-electron chi connectivity index (χ2n) is 8.70. The van der Waals surface area contributed by atoms with Crippen LogP contribution < -0.4 is 9.47 Å². The molecule has 3 aromatic carbocycles. The standard InChI is InChI=1S/C26H24O5S/c1-17-12-18(6-8-22(17)19-4-3-5-21(14-19)32(2,28)29)13-25(27)26(10-11-26)20-7-9-23-24(15-20)31-16-30-23/h3-9,12,14-15H,10-11,13,16H2,1-2H3. The molecule has 6 heteroatoms. The molecule has 2 aliphatic rings. The molecule has 3 aromatic rings. The lowest BCUT2D eigenvalue weighted by Crippen LogP contribution is -2.22. The molecule has 0 aromatic heterocycles. The summed E-state index contributed by atoms with van der Waals surface area (Å²) in [6, 6.07) is 18.7. The number of sulfone groups is 1. The average Bonchev–Trinajstić information content (AvgIpc) is 3.44. The van der Waals surface area contributed by atoms with Crippen molar-refractivity contribution in [2.75, 3.05) is 13.0 Å². The highest BCUT2D eigenvalue weighted by Crippen LogP contribution is 2.51. The molecule has 32 heavy (non-hydrogen) atoms. The number of benzene rings is 3. The first-order chi connectivity index (χ1) is 15.3. The number of carbonyl (C=O) groups is 1. The molecule has 164 valence electrons. The lowest BCUT2D eigenvalue weighted by molar-refractivity contribution is -0.120. The number of carbonyl (C=O) groups excluding carboxylic acids is 1. The SMILES string of the molecule is Cc1cc(CC(=O)C2(c3ccc4c(c3)OCO4)CC2)ccc1-c1cccc(S(C)(=O)=O)c1. The lowest BCUT2D eigenvalue weighted by Gasteiger charge is -2.16. The predicted molar refractivity (Wildman–Crippen MR) is 122 cm³/mol. The van der Waals surface area contributed by atoms with Crippen molar-refractivity contribution >= 4 is 15.6 Å². The van der Waals surface area contributed by atoms with Crippen molar-refractivity contribution in [3.63, 3.8) is 0 Å². The van der Waals surface area contributed by atoms with Crippen LogP contribution in [0.25, 0.3) is 11.1 Å². The van der Waals surface area contributed by atoms with E-state index in [2.05, 4.69) is 0 Å². The monoisotopic (exact) mass is 448 g/mol. The van der Waals surface area contributed by atoms with Gasteiger partial charge in [-0.3, -0.25) is 4.79 Å². The Morgan fingerprint density at radius 2 is 1.75 bits per heavy atom. The summed E-state index contributed by atoms with van der Waals surface area (Å²) in [5.41, 5.74) is 4.34. The van der Waals surface area contributed by atoms with E-state index in [0.717, 1.165) is 46.4 Å². The van der Waals surface area contributed by atoms with E-state index in [0.29, 0.717) is 17.1 Å². The Balaban J connectivity index is 1.38. The van der Waals surface area contributed by atoms with E-state index in [1.165, 1.54) is 6.26 Å². The number of hydrogen-bond donors (Lipinski definition) is 0. The van der Waals surface area contributed by atoms with E-state index >= 15 is 0 Å². The number of rotatable bonds is 6. The molecule has 0 spiro atoms. The van der Waals surface area contributed by atoms with Gasteiger partial charge in [0.25, 0.3) is 0 Å². The molecule has 1 aliphatic heterocycles. The van der Waals surface area contributed by atoms with E-state index in [1.807, 2.05) is 49.4 Å². The summed E-state index contributed by atoms with van der Waals surface area (Å²) >= 11 is 0. The number of fused-ring (bicyclic) bond motifs is 1. The summed E-state index contributed by atoms with van der Waals surface area (Å²) in [7, 11) is -3.27. The average molecular weight is 449 g/mol. The van der Waals surface area contributed by atoms with E-state index in [9.17, 15) is 13.2 Å². The Labute approximate surface area is 187 Å². The summed E-state index contributed by atoms with van der Waals surface area (Å²) in [6.45, 7) is 2.21. The maximum absolute atomic E-state index is 13.3. The lowest BCUT2D eigenvalue weighted by atomic mass is 9.87. The summed E-state index contributed by atoms with van der Waals surface area (Å²) in [6.07, 6.45) is 3.27. The Kier molecular flexibility index (Phi) is 4.86. The van der Waals surface area contributed by atoms with Crippen LogP contribution in [-0.2, 0) is 26.5 Å². The highest BCUT2D eigenvalue weighted by molar-refractivity contribution is 7.90. The Morgan fingerprint density at radius 3 is 2.47 bits per heavy atom. The molecular formula is C26H24O5S. The van der Waals surface area contributed by atoms with E-state index < -0.39 is 15.3 Å². The van der Waals surface area contributed by atoms with Gasteiger partial charge in [0.15, 0.2) is 21.3 Å². The molecule has 0 bridgehead atoms. The van der Waals surface area contributed by atoms with Gasteiger partial charge in [-0.1, -0.05) is 36.4 Å². The van der Waals surface area contributed by atoms with Crippen molar-refractivity contribution in [2.45, 2.75) is 36.5 Å². The van der Waals surface area contributed by atoms with Gasteiger partial charge in [-0.25, -0.2) is 8.42 Å². The molecule has 1 aliphatic carbocycles. The van der Waals surface area contributed by atoms with Crippen LogP contribution in [0.5, 0.6) is 11.5 Å². The Morgan fingerprint density at radius 1 is 0.969 bits per heavy atom. The third-order valence-electron chi connectivity index (χ3n) is 6.44. The summed E-state index contributed by atoms with van der Waals surface area (Å²) in [4.78, 5) is 13.6. The van der Waals surface area contributed by atoms with Crippen LogP contribution in [0.1, 0.15) is 29.5 Å². The largest absolute Gasteiger partial charge is 0.454 e. The minimum absolute atomic E-state index is 0.211. The zero-order valence-electron chi connectivity index (χ0n) is 18.1. The topological polar surface area (TPSA) is 69.7 Å². The molecule has 5 rings (SSSR count). The van der Waals surface area contributed by atoms with E-state index in [1.54, 1.807) is 18.2 Å². The number of hydrogen-bond acceptors (Lipinski definition) is 5. The molecule has 0 saturated heterocycles. The fraction of sp³-hybridized carbons (Fsp3) is 0.269. The first-order valence-corrected chi connectivity index (χ1v) is 12.5. The quantitative estimate of drug-likeness (QED) is 0.550. The fourth-order valence-corrected chi connectivity index (χ4v) is 5.12. The summed E-state index contributed by atoms with van der Waals surface area (Å²) in [5, 5.41) is 0. The van der Waals surface area contributed by atoms with Crippen molar-refractivity contribution in [1.29, 1.82) is 0 Å². The van der Waals surface area contributed by atoms with Gasteiger partial charge in [0.2, 0.25) is 6.79 Å². The smallest absolute Gasteiger partial charge is 0.231 e. The fourth-order valence-electron chi connectivity index (χ4n) is 4.46. The second kappa shape index (κ2) is 7.48. The summed E-state index contributed by atoms with van der Waals surface area (Å²) in [5.74, 6) is 1.64. The van der Waals surface area contributed by atoms with Gasteiger partial charge in [0, 0.05) is 12.7 Å². The van der Waals surface area contributed by atoms with Crippen LogP contribution in [0.15, 0.2) is 65.6 Å². The molecule has 1 saturated carbocycles. The zero-order chi connectivity index (χ0) is 22.5. The number of aryl methyl sites for hydroxylation is 1. The van der Waals surface area contributed by atoms with Crippen molar-refractivity contribution in [1.82, 2.24) is 0 Å². The molecular weight excluding hydrogens is 424 g/mol. The third-order valence-corrected chi connectivity index (χ3v) is 7.55. The number of ketones is 1.